The van der Waals surface area contributed by atoms with E-state index in [2.05, 4.69) is 0 Å². The highest BCUT2D eigenvalue weighted by molar-refractivity contribution is 8.03. The highest BCUT2D eigenvalue weighted by atomic mass is 32.2. The monoisotopic (exact) mass is 586 g/mol. The Hall–Kier alpha value is -4.21. The van der Waals surface area contributed by atoms with Gasteiger partial charge in [-0.2, -0.15) is 0 Å². The normalized spacial score (nSPS) is 10.9. The van der Waals surface area contributed by atoms with Crippen LogP contribution in [0.1, 0.15) is 23.6 Å². The molecule has 2 heterocycles. The predicted molar refractivity (Wildman–Crippen MR) is 149 cm³/mol. The van der Waals surface area contributed by atoms with Gasteiger partial charge in [0.25, 0.3) is 22.7 Å². The molecule has 0 amide bonds. The summed E-state index contributed by atoms with van der Waals surface area (Å²) in [6, 6.07) is 10.6. The van der Waals surface area contributed by atoms with Gasteiger partial charge in [0.2, 0.25) is 0 Å². The third-order valence-corrected chi connectivity index (χ3v) is 9.70. The number of nitro benzene ring substituents is 4. The molecule has 0 saturated heterocycles. The van der Waals surface area contributed by atoms with Crippen molar-refractivity contribution in [3.05, 3.63) is 98.7 Å². The van der Waals surface area contributed by atoms with E-state index in [9.17, 15) is 40.5 Å². The van der Waals surface area contributed by atoms with Gasteiger partial charge in [-0.25, -0.2) is 0 Å². The number of benzene rings is 2. The number of non-ortho nitro benzene ring substituents is 2. The standard InChI is InChI=1S/C24H18N4O8S3/c1-3-15-11-19(17-7-5-13(25(29)30)9-21(17)27(33)34)23(37-15)39-24-20(12-16(4-2)38-24)18-8-6-14(26(31)32)10-22(18)28(35)36/h5-12H,3-4H2,1-2H3. The molecule has 0 atom stereocenters. The number of nitrogens with zero attached hydrogens (tertiary/aromatic N) is 4. The van der Waals surface area contributed by atoms with E-state index >= 15 is 0 Å². The van der Waals surface area contributed by atoms with Crippen LogP contribution >= 0.6 is 34.4 Å². The molecule has 0 N–H and O–H groups in total. The number of aryl methyl sites for hydroxylation is 2. The Kier molecular flexibility index (Phi) is 8.03. The van der Waals surface area contributed by atoms with Crippen molar-refractivity contribution in [1.29, 1.82) is 0 Å². The fourth-order valence-corrected chi connectivity index (χ4v) is 7.87. The molecular formula is C24H18N4O8S3. The molecule has 0 bridgehead atoms. The molecular weight excluding hydrogens is 568 g/mol. The van der Waals surface area contributed by atoms with Crippen molar-refractivity contribution in [2.75, 3.05) is 0 Å². The molecule has 0 radical (unpaired) electrons. The quantitative estimate of drug-likeness (QED) is 0.131. The average molecular weight is 587 g/mol. The van der Waals surface area contributed by atoms with E-state index in [4.69, 9.17) is 0 Å². The summed E-state index contributed by atoms with van der Waals surface area (Å²) in [5.74, 6) is 0. The highest BCUT2D eigenvalue weighted by Gasteiger charge is 2.27. The molecule has 39 heavy (non-hydrogen) atoms. The largest absolute Gasteiger partial charge is 0.284 e. The van der Waals surface area contributed by atoms with E-state index in [1.165, 1.54) is 58.7 Å². The van der Waals surface area contributed by atoms with Crippen LogP contribution in [-0.2, 0) is 12.8 Å². The van der Waals surface area contributed by atoms with E-state index < -0.39 is 42.4 Å². The molecule has 12 nitrogen and oxygen atoms in total. The first kappa shape index (κ1) is 27.8. The lowest BCUT2D eigenvalue weighted by molar-refractivity contribution is -0.394. The Morgan fingerprint density at radius 1 is 0.590 bits per heavy atom. The lowest BCUT2D eigenvalue weighted by Crippen LogP contribution is -1.95. The third-order valence-electron chi connectivity index (χ3n) is 5.74. The second-order valence-electron chi connectivity index (χ2n) is 8.07. The van der Waals surface area contributed by atoms with Gasteiger partial charge in [-0.05, 0) is 37.1 Å². The Bertz CT molecular complexity index is 1530. The molecule has 0 spiro atoms. The van der Waals surface area contributed by atoms with Gasteiger partial charge < -0.3 is 0 Å². The Morgan fingerprint density at radius 3 is 1.28 bits per heavy atom. The summed E-state index contributed by atoms with van der Waals surface area (Å²) in [6.45, 7) is 3.86. The summed E-state index contributed by atoms with van der Waals surface area (Å²) in [4.78, 5) is 45.3. The zero-order valence-electron chi connectivity index (χ0n) is 20.3. The van der Waals surface area contributed by atoms with E-state index in [1.807, 2.05) is 26.0 Å². The zero-order valence-corrected chi connectivity index (χ0v) is 22.8. The Morgan fingerprint density at radius 2 is 0.974 bits per heavy atom. The zero-order chi connectivity index (χ0) is 28.4. The topological polar surface area (TPSA) is 173 Å². The molecule has 15 heteroatoms. The molecule has 2 aromatic heterocycles. The van der Waals surface area contributed by atoms with Gasteiger partial charge in [0.05, 0.1) is 51.4 Å². The maximum atomic E-state index is 11.8. The van der Waals surface area contributed by atoms with Crippen molar-refractivity contribution in [2.45, 2.75) is 35.1 Å². The van der Waals surface area contributed by atoms with Crippen LogP contribution in [0.3, 0.4) is 0 Å². The van der Waals surface area contributed by atoms with Gasteiger partial charge in [-0.15, -0.1) is 22.7 Å². The Labute approximate surface area is 232 Å². The molecule has 200 valence electrons. The van der Waals surface area contributed by atoms with Gasteiger partial charge in [0.15, 0.2) is 0 Å². The van der Waals surface area contributed by atoms with Gasteiger partial charge in [0, 0.05) is 33.0 Å². The smallest absolute Gasteiger partial charge is 0.258 e. The first-order valence-electron chi connectivity index (χ1n) is 11.3. The SMILES string of the molecule is CCc1cc(-c2ccc([N+](=O)[O-])cc2[N+](=O)[O-])c(Sc2sc(CC)cc2-c2ccc([N+](=O)[O-])cc2[N+](=O)[O-])s1. The molecule has 0 fully saturated rings. The fraction of sp³-hybridized carbons (Fsp3) is 0.167. The van der Waals surface area contributed by atoms with E-state index in [0.717, 1.165) is 21.9 Å². The number of thiophene rings is 2. The van der Waals surface area contributed by atoms with Crippen LogP contribution < -0.4 is 0 Å². The molecule has 0 aliphatic rings. The van der Waals surface area contributed by atoms with Crippen molar-refractivity contribution >= 4 is 57.2 Å². The molecule has 0 unspecified atom stereocenters. The van der Waals surface area contributed by atoms with Gasteiger partial charge >= 0.3 is 0 Å². The number of rotatable bonds is 10. The second kappa shape index (κ2) is 11.3. The van der Waals surface area contributed by atoms with Crippen molar-refractivity contribution in [1.82, 2.24) is 0 Å². The minimum Gasteiger partial charge on any atom is -0.258 e. The average Bonchev–Trinajstić information content (AvgIpc) is 3.51. The third kappa shape index (κ3) is 5.64. The summed E-state index contributed by atoms with van der Waals surface area (Å²) < 4.78 is 1.36. The lowest BCUT2D eigenvalue weighted by Gasteiger charge is -2.07. The predicted octanol–water partition coefficient (Wildman–Crippen LogP) is 8.05. The maximum Gasteiger partial charge on any atom is 0.284 e. The fourth-order valence-electron chi connectivity index (χ4n) is 3.83. The molecule has 0 saturated carbocycles. The second-order valence-corrected chi connectivity index (χ2v) is 11.9. The first-order chi connectivity index (χ1) is 18.5. The minimum absolute atomic E-state index is 0.221. The van der Waals surface area contributed by atoms with Crippen molar-refractivity contribution in [2.24, 2.45) is 0 Å². The van der Waals surface area contributed by atoms with Crippen molar-refractivity contribution in [3.8, 4) is 22.3 Å². The molecule has 0 aliphatic carbocycles. The first-order valence-corrected chi connectivity index (χ1v) is 13.8. The van der Waals surface area contributed by atoms with E-state index in [0.29, 0.717) is 32.4 Å². The minimum atomic E-state index is -0.696. The van der Waals surface area contributed by atoms with Crippen LogP contribution in [0.25, 0.3) is 22.3 Å². The van der Waals surface area contributed by atoms with E-state index in [-0.39, 0.29) is 11.1 Å². The van der Waals surface area contributed by atoms with Crippen molar-refractivity contribution < 1.29 is 19.7 Å². The van der Waals surface area contributed by atoms with Gasteiger partial charge in [-0.3, -0.25) is 40.5 Å². The number of hydrogen-bond donors (Lipinski definition) is 0. The van der Waals surface area contributed by atoms with Gasteiger partial charge in [-0.1, -0.05) is 25.6 Å². The van der Waals surface area contributed by atoms with Crippen LogP contribution in [0.2, 0.25) is 0 Å². The molecule has 2 aromatic carbocycles. The summed E-state index contributed by atoms with van der Waals surface area (Å²) in [7, 11) is 0. The van der Waals surface area contributed by atoms with Crippen LogP contribution in [0.15, 0.2) is 56.9 Å². The Balaban J connectivity index is 1.88. The van der Waals surface area contributed by atoms with Gasteiger partial charge in [0.1, 0.15) is 0 Å². The molecule has 0 aliphatic heterocycles. The number of hydrogen-bond acceptors (Lipinski definition) is 11. The lowest BCUT2D eigenvalue weighted by atomic mass is 10.1. The molecule has 4 aromatic rings. The summed E-state index contributed by atoms with van der Waals surface area (Å²) in [5, 5.41) is 46.1. The van der Waals surface area contributed by atoms with Crippen LogP contribution in [0, 0.1) is 40.5 Å². The van der Waals surface area contributed by atoms with Crippen LogP contribution in [0.4, 0.5) is 22.7 Å². The van der Waals surface area contributed by atoms with Crippen LogP contribution in [-0.4, -0.2) is 19.7 Å². The number of nitro groups is 4. The maximum absolute atomic E-state index is 11.8. The molecule has 4 rings (SSSR count). The van der Waals surface area contributed by atoms with Crippen LogP contribution in [0.5, 0.6) is 0 Å². The highest BCUT2D eigenvalue weighted by Crippen LogP contribution is 2.51. The summed E-state index contributed by atoms with van der Waals surface area (Å²) >= 11 is 4.10. The summed E-state index contributed by atoms with van der Waals surface area (Å²) in [6.07, 6.45) is 1.29. The summed E-state index contributed by atoms with van der Waals surface area (Å²) in [5.41, 5.74) is -0.110. The van der Waals surface area contributed by atoms with Crippen molar-refractivity contribution in [3.63, 3.8) is 0 Å². The van der Waals surface area contributed by atoms with E-state index in [1.54, 1.807) is 0 Å².